The van der Waals surface area contributed by atoms with Gasteiger partial charge in [0.1, 0.15) is 0 Å². The second-order valence-electron chi connectivity index (χ2n) is 5.13. The number of ether oxygens (including phenoxy) is 1. The molecule has 0 bridgehead atoms. The van der Waals surface area contributed by atoms with Crippen LogP contribution in [-0.4, -0.2) is 42.5 Å². The fourth-order valence-corrected chi connectivity index (χ4v) is 2.69. The average molecular weight is 323 g/mol. The molecule has 1 atom stereocenters. The Labute approximate surface area is 135 Å². The van der Waals surface area contributed by atoms with Crippen molar-refractivity contribution in [3.05, 3.63) is 46.1 Å². The standard InChI is InChI=1S/C16H19ClN2O3/c1-5-22-15(20)13-10(2)18(3)16(21)19(4)14(13)11-6-8-12(17)9-7-11/h6-9,14H,5H2,1-4H3/t14-/m1/s1. The minimum Gasteiger partial charge on any atom is -0.463 e. The number of hydrogen-bond acceptors (Lipinski definition) is 3. The van der Waals surface area contributed by atoms with Gasteiger partial charge in [0.2, 0.25) is 0 Å². The minimum atomic E-state index is -0.486. The van der Waals surface area contributed by atoms with Gasteiger partial charge < -0.3 is 14.5 Å². The van der Waals surface area contributed by atoms with Gasteiger partial charge in [0.15, 0.2) is 0 Å². The van der Waals surface area contributed by atoms with Crippen LogP contribution in [0.5, 0.6) is 0 Å². The van der Waals surface area contributed by atoms with Crippen molar-refractivity contribution < 1.29 is 14.3 Å². The highest BCUT2D eigenvalue weighted by atomic mass is 35.5. The Bertz CT molecular complexity index is 625. The smallest absolute Gasteiger partial charge is 0.338 e. The molecule has 1 aliphatic heterocycles. The van der Waals surface area contributed by atoms with Gasteiger partial charge >= 0.3 is 12.0 Å². The Morgan fingerprint density at radius 1 is 1.27 bits per heavy atom. The van der Waals surface area contributed by atoms with Crippen LogP contribution in [0.25, 0.3) is 0 Å². The summed E-state index contributed by atoms with van der Waals surface area (Å²) in [5.41, 5.74) is 1.88. The van der Waals surface area contributed by atoms with E-state index in [1.54, 1.807) is 40.1 Å². The molecule has 0 aromatic heterocycles. The molecule has 0 spiro atoms. The van der Waals surface area contributed by atoms with Crippen LogP contribution in [0.4, 0.5) is 4.79 Å². The largest absolute Gasteiger partial charge is 0.463 e. The Morgan fingerprint density at radius 2 is 1.86 bits per heavy atom. The summed E-state index contributed by atoms with van der Waals surface area (Å²) in [7, 11) is 3.31. The van der Waals surface area contributed by atoms with Crippen molar-refractivity contribution in [2.45, 2.75) is 19.9 Å². The van der Waals surface area contributed by atoms with Crippen LogP contribution in [0.3, 0.4) is 0 Å². The van der Waals surface area contributed by atoms with Crippen LogP contribution in [-0.2, 0) is 9.53 Å². The second-order valence-corrected chi connectivity index (χ2v) is 5.56. The molecule has 0 fully saturated rings. The molecule has 118 valence electrons. The summed E-state index contributed by atoms with van der Waals surface area (Å²) in [5, 5.41) is 0.601. The molecular weight excluding hydrogens is 304 g/mol. The average Bonchev–Trinajstić information content (AvgIpc) is 2.50. The quantitative estimate of drug-likeness (QED) is 0.803. The Morgan fingerprint density at radius 3 is 2.41 bits per heavy atom. The zero-order valence-electron chi connectivity index (χ0n) is 13.1. The molecule has 1 aliphatic rings. The third-order valence-corrected chi connectivity index (χ3v) is 4.08. The summed E-state index contributed by atoms with van der Waals surface area (Å²) in [6, 6.07) is 6.45. The number of esters is 1. The number of carbonyl (C=O) groups excluding carboxylic acids is 2. The van der Waals surface area contributed by atoms with Crippen LogP contribution >= 0.6 is 11.6 Å². The SMILES string of the molecule is CCOC(=O)C1=C(C)N(C)C(=O)N(C)[C@@H]1c1ccc(Cl)cc1. The number of halogens is 1. The number of likely N-dealkylation sites (N-methyl/N-ethyl adjacent to an activating group) is 1. The number of benzene rings is 1. The third-order valence-electron chi connectivity index (χ3n) is 3.82. The molecule has 1 aromatic rings. The summed E-state index contributed by atoms with van der Waals surface area (Å²) in [4.78, 5) is 27.7. The summed E-state index contributed by atoms with van der Waals surface area (Å²) in [5.74, 6) is -0.411. The predicted octanol–water partition coefficient (Wildman–Crippen LogP) is 3.22. The van der Waals surface area contributed by atoms with E-state index in [9.17, 15) is 9.59 Å². The van der Waals surface area contributed by atoms with E-state index in [1.807, 2.05) is 12.1 Å². The van der Waals surface area contributed by atoms with Gasteiger partial charge in [0.25, 0.3) is 0 Å². The number of urea groups is 1. The van der Waals surface area contributed by atoms with E-state index in [1.165, 1.54) is 9.80 Å². The Hall–Kier alpha value is -2.01. The summed E-state index contributed by atoms with van der Waals surface area (Å²) < 4.78 is 5.17. The first-order valence-electron chi connectivity index (χ1n) is 7.02. The van der Waals surface area contributed by atoms with Crippen molar-refractivity contribution in [2.24, 2.45) is 0 Å². The van der Waals surface area contributed by atoms with E-state index in [2.05, 4.69) is 0 Å². The van der Waals surface area contributed by atoms with Crippen LogP contribution < -0.4 is 0 Å². The number of hydrogen-bond donors (Lipinski definition) is 0. The van der Waals surface area contributed by atoms with Crippen molar-refractivity contribution in [3.63, 3.8) is 0 Å². The Balaban J connectivity index is 2.57. The Kier molecular flexibility index (Phi) is 4.76. The number of amides is 2. The van der Waals surface area contributed by atoms with Gasteiger partial charge in [0, 0.05) is 24.8 Å². The number of allylic oxidation sites excluding steroid dienone is 1. The topological polar surface area (TPSA) is 49.9 Å². The van der Waals surface area contributed by atoms with Gasteiger partial charge in [-0.15, -0.1) is 0 Å². The lowest BCUT2D eigenvalue weighted by Crippen LogP contribution is -2.47. The van der Waals surface area contributed by atoms with Crippen molar-refractivity contribution in [1.29, 1.82) is 0 Å². The summed E-state index contributed by atoms with van der Waals surface area (Å²) in [6.45, 7) is 3.79. The zero-order chi connectivity index (χ0) is 16.4. The van der Waals surface area contributed by atoms with Crippen LogP contribution in [0.15, 0.2) is 35.5 Å². The van der Waals surface area contributed by atoms with E-state index >= 15 is 0 Å². The van der Waals surface area contributed by atoms with Crippen LogP contribution in [0.1, 0.15) is 25.5 Å². The van der Waals surface area contributed by atoms with E-state index in [0.29, 0.717) is 16.3 Å². The highest BCUT2D eigenvalue weighted by Crippen LogP contribution is 2.36. The first-order valence-corrected chi connectivity index (χ1v) is 7.40. The maximum Gasteiger partial charge on any atom is 0.338 e. The monoisotopic (exact) mass is 322 g/mol. The van der Waals surface area contributed by atoms with Crippen LogP contribution in [0.2, 0.25) is 5.02 Å². The highest BCUT2D eigenvalue weighted by Gasteiger charge is 2.39. The van der Waals surface area contributed by atoms with E-state index in [-0.39, 0.29) is 12.6 Å². The van der Waals surface area contributed by atoms with E-state index in [0.717, 1.165) is 5.56 Å². The number of carbonyl (C=O) groups is 2. The predicted molar refractivity (Wildman–Crippen MR) is 84.4 cm³/mol. The van der Waals surface area contributed by atoms with Crippen molar-refractivity contribution in [1.82, 2.24) is 9.80 Å². The summed E-state index contributed by atoms with van der Waals surface area (Å²) in [6.07, 6.45) is 0. The lowest BCUT2D eigenvalue weighted by molar-refractivity contribution is -0.139. The van der Waals surface area contributed by atoms with Gasteiger partial charge in [-0.25, -0.2) is 9.59 Å². The molecule has 0 saturated heterocycles. The van der Waals surface area contributed by atoms with Crippen molar-refractivity contribution >= 4 is 23.6 Å². The molecule has 2 rings (SSSR count). The second kappa shape index (κ2) is 6.40. The normalized spacial score (nSPS) is 18.8. The highest BCUT2D eigenvalue weighted by molar-refractivity contribution is 6.30. The van der Waals surface area contributed by atoms with E-state index in [4.69, 9.17) is 16.3 Å². The van der Waals surface area contributed by atoms with Crippen LogP contribution in [0, 0.1) is 0 Å². The van der Waals surface area contributed by atoms with Gasteiger partial charge in [-0.2, -0.15) is 0 Å². The molecule has 5 nitrogen and oxygen atoms in total. The molecule has 1 aromatic carbocycles. The van der Waals surface area contributed by atoms with Gasteiger partial charge in [-0.05, 0) is 31.5 Å². The van der Waals surface area contributed by atoms with E-state index < -0.39 is 12.0 Å². The molecule has 0 radical (unpaired) electrons. The molecular formula is C16H19ClN2O3. The maximum absolute atomic E-state index is 12.4. The third kappa shape index (κ3) is 2.81. The minimum absolute atomic E-state index is 0.175. The molecule has 0 N–H and O–H groups in total. The molecule has 6 heteroatoms. The summed E-state index contributed by atoms with van der Waals surface area (Å²) >= 11 is 5.92. The zero-order valence-corrected chi connectivity index (χ0v) is 13.8. The fraction of sp³-hybridized carbons (Fsp3) is 0.375. The van der Waals surface area contributed by atoms with Crippen molar-refractivity contribution in [3.8, 4) is 0 Å². The lowest BCUT2D eigenvalue weighted by atomic mass is 9.94. The van der Waals surface area contributed by atoms with Crippen molar-refractivity contribution in [2.75, 3.05) is 20.7 Å². The maximum atomic E-state index is 12.4. The first-order chi connectivity index (χ1) is 10.4. The molecule has 22 heavy (non-hydrogen) atoms. The first kappa shape index (κ1) is 16.4. The van der Waals surface area contributed by atoms with Gasteiger partial charge in [-0.1, -0.05) is 23.7 Å². The fourth-order valence-electron chi connectivity index (χ4n) is 2.57. The molecule has 0 saturated carbocycles. The molecule has 1 heterocycles. The number of rotatable bonds is 3. The van der Waals surface area contributed by atoms with Gasteiger partial charge in [0.05, 0.1) is 18.2 Å². The lowest BCUT2D eigenvalue weighted by Gasteiger charge is -2.39. The number of nitrogens with zero attached hydrogens (tertiary/aromatic N) is 2. The molecule has 0 unspecified atom stereocenters. The molecule has 2 amide bonds. The molecule has 0 aliphatic carbocycles. The van der Waals surface area contributed by atoms with Gasteiger partial charge in [-0.3, -0.25) is 0 Å².